The summed E-state index contributed by atoms with van der Waals surface area (Å²) < 4.78 is 13.9. The Morgan fingerprint density at radius 3 is 2.79 bits per heavy atom. The Bertz CT molecular complexity index is 700. The maximum Gasteiger partial charge on any atom is 0.336 e. The van der Waals surface area contributed by atoms with Crippen LogP contribution in [-0.2, 0) is 12.8 Å². The molecular formula is C14H11ClFNO2. The van der Waals surface area contributed by atoms with Crippen LogP contribution in [0.15, 0.2) is 12.1 Å². The number of aryl methyl sites for hydroxylation is 1. The lowest BCUT2D eigenvalue weighted by Crippen LogP contribution is -2.14. The number of carboxylic acids is 1. The van der Waals surface area contributed by atoms with Crippen molar-refractivity contribution in [1.29, 1.82) is 0 Å². The molecular weight excluding hydrogens is 269 g/mol. The zero-order valence-electron chi connectivity index (χ0n) is 10.0. The number of nitrogens with zero attached hydrogens (tertiary/aromatic N) is 1. The molecule has 1 N–H and O–H groups in total. The van der Waals surface area contributed by atoms with E-state index in [1.807, 2.05) is 0 Å². The Labute approximate surface area is 114 Å². The molecule has 0 atom stereocenters. The van der Waals surface area contributed by atoms with Crippen LogP contribution in [0.5, 0.6) is 0 Å². The van der Waals surface area contributed by atoms with Gasteiger partial charge in [0, 0.05) is 11.1 Å². The lowest BCUT2D eigenvalue weighted by molar-refractivity contribution is 0.0697. The Balaban J connectivity index is 2.50. The number of hydrogen-bond acceptors (Lipinski definition) is 2. The first kappa shape index (κ1) is 12.4. The van der Waals surface area contributed by atoms with E-state index in [-0.39, 0.29) is 21.5 Å². The minimum Gasteiger partial charge on any atom is -0.478 e. The average Bonchev–Trinajstić information content (AvgIpc) is 2.40. The molecule has 0 fully saturated rings. The largest absolute Gasteiger partial charge is 0.478 e. The van der Waals surface area contributed by atoms with Gasteiger partial charge in [0.1, 0.15) is 11.3 Å². The predicted molar refractivity (Wildman–Crippen MR) is 70.3 cm³/mol. The van der Waals surface area contributed by atoms with Crippen molar-refractivity contribution in [3.05, 3.63) is 39.8 Å². The maximum atomic E-state index is 13.9. The van der Waals surface area contributed by atoms with E-state index in [1.165, 1.54) is 12.1 Å². The van der Waals surface area contributed by atoms with Crippen LogP contribution in [0.4, 0.5) is 4.39 Å². The summed E-state index contributed by atoms with van der Waals surface area (Å²) in [5.74, 6) is -1.60. The van der Waals surface area contributed by atoms with Crippen molar-refractivity contribution in [2.24, 2.45) is 0 Å². The quantitative estimate of drug-likeness (QED) is 0.867. The minimum absolute atomic E-state index is 0.0607. The highest BCUT2D eigenvalue weighted by atomic mass is 35.5. The second-order valence-electron chi connectivity index (χ2n) is 4.68. The van der Waals surface area contributed by atoms with Gasteiger partial charge in [0.25, 0.3) is 0 Å². The molecule has 0 bridgehead atoms. The molecule has 1 aromatic carbocycles. The predicted octanol–water partition coefficient (Wildman–Crippen LogP) is 3.60. The third-order valence-corrected chi connectivity index (χ3v) is 3.84. The van der Waals surface area contributed by atoms with Crippen molar-refractivity contribution in [2.45, 2.75) is 25.7 Å². The van der Waals surface area contributed by atoms with Crippen molar-refractivity contribution in [3.63, 3.8) is 0 Å². The van der Waals surface area contributed by atoms with Crippen molar-refractivity contribution >= 4 is 28.5 Å². The van der Waals surface area contributed by atoms with Crippen LogP contribution in [0.2, 0.25) is 5.02 Å². The first-order valence-electron chi connectivity index (χ1n) is 6.12. The highest BCUT2D eigenvalue weighted by Gasteiger charge is 2.24. The van der Waals surface area contributed by atoms with Crippen LogP contribution in [0.3, 0.4) is 0 Å². The fourth-order valence-electron chi connectivity index (χ4n) is 2.69. The van der Waals surface area contributed by atoms with Crippen LogP contribution >= 0.6 is 11.6 Å². The first-order valence-corrected chi connectivity index (χ1v) is 6.50. The number of aromatic carboxylic acids is 1. The number of carboxylic acid groups (broad SMARTS) is 1. The Hall–Kier alpha value is -1.68. The molecule has 1 aliphatic carbocycles. The van der Waals surface area contributed by atoms with Gasteiger partial charge in [-0.25, -0.2) is 14.2 Å². The molecule has 2 aromatic rings. The standard InChI is InChI=1S/C14H11ClFNO2/c15-8-5-6-9(16)13-12(8)11(14(18)19)7-3-1-2-4-10(7)17-13/h5-6H,1-4H2,(H,18,19). The SMILES string of the molecule is O=C(O)c1c2c(nc3c(F)ccc(Cl)c13)CCCC2. The van der Waals surface area contributed by atoms with Crippen LogP contribution in [0.25, 0.3) is 10.9 Å². The summed E-state index contributed by atoms with van der Waals surface area (Å²) in [7, 11) is 0. The second-order valence-corrected chi connectivity index (χ2v) is 5.08. The molecule has 0 spiro atoms. The van der Waals surface area contributed by atoms with Crippen molar-refractivity contribution in [2.75, 3.05) is 0 Å². The Kier molecular flexibility index (Phi) is 2.90. The van der Waals surface area contributed by atoms with E-state index in [4.69, 9.17) is 11.6 Å². The number of rotatable bonds is 1. The van der Waals surface area contributed by atoms with Gasteiger partial charge in [-0.3, -0.25) is 0 Å². The number of benzene rings is 1. The number of carbonyl (C=O) groups is 1. The van der Waals surface area contributed by atoms with Crippen LogP contribution in [0, 0.1) is 5.82 Å². The molecule has 1 aliphatic rings. The second kappa shape index (κ2) is 4.46. The molecule has 5 heteroatoms. The number of fused-ring (bicyclic) bond motifs is 2. The van der Waals surface area contributed by atoms with E-state index in [0.29, 0.717) is 24.1 Å². The van der Waals surface area contributed by atoms with Crippen LogP contribution < -0.4 is 0 Å². The lowest BCUT2D eigenvalue weighted by atomic mass is 9.90. The van der Waals surface area contributed by atoms with Crippen molar-refractivity contribution in [1.82, 2.24) is 4.98 Å². The van der Waals surface area contributed by atoms with E-state index in [9.17, 15) is 14.3 Å². The Morgan fingerprint density at radius 2 is 2.05 bits per heavy atom. The average molecular weight is 280 g/mol. The lowest BCUT2D eigenvalue weighted by Gasteiger charge is -2.19. The van der Waals surface area contributed by atoms with Gasteiger partial charge in [-0.1, -0.05) is 11.6 Å². The summed E-state index contributed by atoms with van der Waals surface area (Å²) in [4.78, 5) is 15.8. The van der Waals surface area contributed by atoms with Crippen LogP contribution in [0.1, 0.15) is 34.5 Å². The molecule has 0 aliphatic heterocycles. The van der Waals surface area contributed by atoms with E-state index < -0.39 is 11.8 Å². The molecule has 1 aromatic heterocycles. The molecule has 0 amide bonds. The summed E-state index contributed by atoms with van der Waals surface area (Å²) in [5.41, 5.74) is 1.57. The number of halogens is 2. The highest BCUT2D eigenvalue weighted by molar-refractivity contribution is 6.36. The van der Waals surface area contributed by atoms with Gasteiger partial charge in [-0.05, 0) is 43.4 Å². The van der Waals surface area contributed by atoms with Gasteiger partial charge < -0.3 is 5.11 Å². The smallest absolute Gasteiger partial charge is 0.336 e. The van der Waals surface area contributed by atoms with Gasteiger partial charge >= 0.3 is 5.97 Å². The zero-order valence-corrected chi connectivity index (χ0v) is 10.8. The number of aromatic nitrogens is 1. The fraction of sp³-hybridized carbons (Fsp3) is 0.286. The van der Waals surface area contributed by atoms with Gasteiger partial charge in [-0.2, -0.15) is 0 Å². The van der Waals surface area contributed by atoms with Gasteiger partial charge in [0.15, 0.2) is 0 Å². The summed E-state index contributed by atoms with van der Waals surface area (Å²) in [6, 6.07) is 2.60. The maximum absolute atomic E-state index is 13.9. The van der Waals surface area contributed by atoms with E-state index in [2.05, 4.69) is 4.98 Å². The molecule has 19 heavy (non-hydrogen) atoms. The van der Waals surface area contributed by atoms with Crippen molar-refractivity contribution in [3.8, 4) is 0 Å². The Morgan fingerprint density at radius 1 is 1.32 bits per heavy atom. The summed E-state index contributed by atoms with van der Waals surface area (Å²) in [6.45, 7) is 0. The van der Waals surface area contributed by atoms with E-state index >= 15 is 0 Å². The monoisotopic (exact) mass is 279 g/mol. The third kappa shape index (κ3) is 1.87. The highest BCUT2D eigenvalue weighted by Crippen LogP contribution is 2.34. The number of hydrogen-bond donors (Lipinski definition) is 1. The van der Waals surface area contributed by atoms with E-state index in [1.54, 1.807) is 0 Å². The molecule has 0 saturated heterocycles. The summed E-state index contributed by atoms with van der Waals surface area (Å²) in [5, 5.41) is 9.89. The summed E-state index contributed by atoms with van der Waals surface area (Å²) in [6.07, 6.45) is 3.23. The molecule has 0 radical (unpaired) electrons. The van der Waals surface area contributed by atoms with Gasteiger partial charge in [-0.15, -0.1) is 0 Å². The third-order valence-electron chi connectivity index (χ3n) is 3.53. The minimum atomic E-state index is -1.07. The van der Waals surface area contributed by atoms with E-state index in [0.717, 1.165) is 12.8 Å². The summed E-state index contributed by atoms with van der Waals surface area (Å²) >= 11 is 6.05. The fourth-order valence-corrected chi connectivity index (χ4v) is 2.94. The van der Waals surface area contributed by atoms with Crippen LogP contribution in [-0.4, -0.2) is 16.1 Å². The molecule has 1 heterocycles. The molecule has 3 rings (SSSR count). The zero-order chi connectivity index (χ0) is 13.6. The van der Waals surface area contributed by atoms with Crippen molar-refractivity contribution < 1.29 is 14.3 Å². The first-order chi connectivity index (χ1) is 9.09. The van der Waals surface area contributed by atoms with Gasteiger partial charge in [0.05, 0.1) is 10.6 Å². The molecule has 0 saturated carbocycles. The molecule has 3 nitrogen and oxygen atoms in total. The number of pyridine rings is 1. The normalized spacial score (nSPS) is 14.4. The molecule has 98 valence electrons. The molecule has 0 unspecified atom stereocenters. The topological polar surface area (TPSA) is 50.2 Å². The van der Waals surface area contributed by atoms with Gasteiger partial charge in [0.2, 0.25) is 0 Å².